The molecule has 0 unspecified atom stereocenters. The lowest BCUT2D eigenvalue weighted by molar-refractivity contribution is -0.137. The summed E-state index contributed by atoms with van der Waals surface area (Å²) in [6.07, 6.45) is -0.310. The van der Waals surface area contributed by atoms with Gasteiger partial charge in [-0.3, -0.25) is 9.59 Å². The van der Waals surface area contributed by atoms with Gasteiger partial charge < -0.3 is 20.4 Å². The maximum atomic E-state index is 13.2. The van der Waals surface area contributed by atoms with Crippen molar-refractivity contribution >= 4 is 28.5 Å². The summed E-state index contributed by atoms with van der Waals surface area (Å²) >= 11 is 0. The number of nitrogens with one attached hydrogen (secondary N) is 1. The Labute approximate surface area is 171 Å². The first-order valence-corrected chi connectivity index (χ1v) is 10.2. The van der Waals surface area contributed by atoms with Crippen LogP contribution in [0.2, 0.25) is 0 Å². The number of fused-ring (bicyclic) bond motifs is 3. The number of hydrogen-bond acceptors (Lipinski definition) is 4. The predicted octanol–water partition coefficient (Wildman–Crippen LogP) is 3.68. The summed E-state index contributed by atoms with van der Waals surface area (Å²) in [5, 5.41) is 3.05. The molecule has 4 rings (SSSR count). The third-order valence-corrected chi connectivity index (χ3v) is 6.24. The molecule has 2 aliphatic rings. The van der Waals surface area contributed by atoms with E-state index in [0.29, 0.717) is 36.6 Å². The maximum Gasteiger partial charge on any atom is 0.416 e. The highest BCUT2D eigenvalue weighted by atomic mass is 19.4. The van der Waals surface area contributed by atoms with Crippen molar-refractivity contribution in [2.45, 2.75) is 38.3 Å². The first-order valence-electron chi connectivity index (χ1n) is 10.2. The van der Waals surface area contributed by atoms with E-state index in [1.54, 1.807) is 0 Å². The Morgan fingerprint density at radius 3 is 2.63 bits per heavy atom. The highest BCUT2D eigenvalue weighted by Crippen LogP contribution is 2.40. The molecule has 3 N–H and O–H groups in total. The lowest BCUT2D eigenvalue weighted by Crippen LogP contribution is -2.33. The van der Waals surface area contributed by atoms with E-state index in [1.807, 2.05) is 4.90 Å². The number of primary amides is 1. The number of nitrogens with zero attached hydrogens (tertiary/aromatic N) is 1. The SMILES string of the molecule is NC(=O)C1CCC(CCN2CCNC(=O)c3oc4ccc(C(F)(F)F)cc4c32)CC1. The van der Waals surface area contributed by atoms with Crippen molar-refractivity contribution in [2.75, 3.05) is 24.5 Å². The van der Waals surface area contributed by atoms with Crippen LogP contribution in [0.5, 0.6) is 0 Å². The molecule has 30 heavy (non-hydrogen) atoms. The molecule has 0 atom stereocenters. The van der Waals surface area contributed by atoms with Crippen LogP contribution in [0.15, 0.2) is 22.6 Å². The average molecular weight is 423 g/mol. The van der Waals surface area contributed by atoms with E-state index < -0.39 is 17.6 Å². The van der Waals surface area contributed by atoms with Gasteiger partial charge in [0.1, 0.15) is 5.58 Å². The van der Waals surface area contributed by atoms with Crippen LogP contribution in [0.4, 0.5) is 18.9 Å². The minimum absolute atomic E-state index is 0.0549. The van der Waals surface area contributed by atoms with Gasteiger partial charge in [-0.2, -0.15) is 13.2 Å². The quantitative estimate of drug-likeness (QED) is 0.785. The summed E-state index contributed by atoms with van der Waals surface area (Å²) in [6.45, 7) is 1.47. The van der Waals surface area contributed by atoms with E-state index in [-0.39, 0.29) is 23.2 Å². The third-order valence-electron chi connectivity index (χ3n) is 6.24. The number of rotatable bonds is 4. The summed E-state index contributed by atoms with van der Waals surface area (Å²) < 4.78 is 45.3. The van der Waals surface area contributed by atoms with Crippen molar-refractivity contribution < 1.29 is 27.2 Å². The molecule has 2 aromatic rings. The van der Waals surface area contributed by atoms with E-state index >= 15 is 0 Å². The minimum atomic E-state index is -4.48. The van der Waals surface area contributed by atoms with Gasteiger partial charge in [0.15, 0.2) is 0 Å². The van der Waals surface area contributed by atoms with Crippen LogP contribution in [0.25, 0.3) is 11.0 Å². The van der Waals surface area contributed by atoms with Crippen molar-refractivity contribution in [3.8, 4) is 0 Å². The number of furan rings is 1. The van der Waals surface area contributed by atoms with Gasteiger partial charge in [0.25, 0.3) is 5.91 Å². The Balaban J connectivity index is 1.58. The van der Waals surface area contributed by atoms with Gasteiger partial charge in [0.05, 0.1) is 11.3 Å². The van der Waals surface area contributed by atoms with E-state index in [0.717, 1.165) is 44.2 Å². The first-order chi connectivity index (χ1) is 14.2. The number of benzene rings is 1. The van der Waals surface area contributed by atoms with Gasteiger partial charge in [-0.25, -0.2) is 0 Å². The number of amides is 2. The molecule has 0 bridgehead atoms. The van der Waals surface area contributed by atoms with E-state index in [1.165, 1.54) is 6.07 Å². The Bertz CT molecular complexity index is 962. The minimum Gasteiger partial charge on any atom is -0.449 e. The lowest BCUT2D eigenvalue weighted by Gasteiger charge is -2.29. The van der Waals surface area contributed by atoms with E-state index in [4.69, 9.17) is 10.2 Å². The topological polar surface area (TPSA) is 88.6 Å². The summed E-state index contributed by atoms with van der Waals surface area (Å²) in [7, 11) is 0. The molecule has 1 aromatic carbocycles. The van der Waals surface area contributed by atoms with Gasteiger partial charge in [-0.05, 0) is 56.2 Å². The summed E-state index contributed by atoms with van der Waals surface area (Å²) in [6, 6.07) is 3.29. The number of hydrogen-bond donors (Lipinski definition) is 2. The number of alkyl halides is 3. The highest BCUT2D eigenvalue weighted by molar-refractivity contribution is 6.07. The molecular formula is C21H24F3N3O3. The number of carbonyl (C=O) groups excluding carboxylic acids is 2. The molecule has 162 valence electrons. The fourth-order valence-electron chi connectivity index (χ4n) is 4.52. The summed E-state index contributed by atoms with van der Waals surface area (Å²) in [4.78, 5) is 25.7. The standard InChI is InChI=1S/C21H24F3N3O3/c22-21(23,24)14-5-6-16-15(11-14)17-18(30-16)20(29)26-8-10-27(17)9-7-12-1-3-13(4-2-12)19(25)28/h5-6,11-13H,1-4,7-10H2,(H2,25,28)(H,26,29). The van der Waals surface area contributed by atoms with Gasteiger partial charge in [-0.1, -0.05) is 0 Å². The second-order valence-corrected chi connectivity index (χ2v) is 8.14. The van der Waals surface area contributed by atoms with Crippen molar-refractivity contribution in [1.29, 1.82) is 0 Å². The Morgan fingerprint density at radius 1 is 1.23 bits per heavy atom. The fourth-order valence-corrected chi connectivity index (χ4v) is 4.52. The molecule has 0 spiro atoms. The van der Waals surface area contributed by atoms with Crippen LogP contribution in [-0.4, -0.2) is 31.4 Å². The van der Waals surface area contributed by atoms with Crippen LogP contribution in [0, 0.1) is 11.8 Å². The fraction of sp³-hybridized carbons (Fsp3) is 0.524. The monoisotopic (exact) mass is 423 g/mol. The van der Waals surface area contributed by atoms with Crippen LogP contribution in [-0.2, 0) is 11.0 Å². The Hall–Kier alpha value is -2.71. The van der Waals surface area contributed by atoms with Gasteiger partial charge in [-0.15, -0.1) is 0 Å². The Morgan fingerprint density at radius 2 is 1.97 bits per heavy atom. The summed E-state index contributed by atoms with van der Waals surface area (Å²) in [5.41, 5.74) is 5.31. The maximum absolute atomic E-state index is 13.2. The van der Waals surface area contributed by atoms with Crippen LogP contribution in [0.1, 0.15) is 48.2 Å². The van der Waals surface area contributed by atoms with Crippen LogP contribution in [0.3, 0.4) is 0 Å². The normalized spacial score (nSPS) is 22.5. The van der Waals surface area contributed by atoms with Crippen molar-refractivity contribution in [1.82, 2.24) is 5.32 Å². The zero-order valence-electron chi connectivity index (χ0n) is 16.4. The van der Waals surface area contributed by atoms with E-state index in [2.05, 4.69) is 5.32 Å². The van der Waals surface area contributed by atoms with E-state index in [9.17, 15) is 22.8 Å². The molecule has 0 saturated heterocycles. The number of carbonyl (C=O) groups is 2. The number of nitrogens with two attached hydrogens (primary N) is 1. The molecule has 1 aliphatic carbocycles. The third kappa shape index (κ3) is 3.97. The second-order valence-electron chi connectivity index (χ2n) is 8.14. The van der Waals surface area contributed by atoms with Gasteiger partial charge in [0, 0.05) is 30.9 Å². The van der Waals surface area contributed by atoms with Crippen molar-refractivity contribution in [2.24, 2.45) is 17.6 Å². The molecule has 9 heteroatoms. The zero-order valence-corrected chi connectivity index (χ0v) is 16.4. The molecule has 1 saturated carbocycles. The molecular weight excluding hydrogens is 399 g/mol. The molecule has 1 aliphatic heterocycles. The van der Waals surface area contributed by atoms with Gasteiger partial charge in [0.2, 0.25) is 11.7 Å². The first kappa shape index (κ1) is 20.6. The number of anilines is 1. The molecule has 2 heterocycles. The Kier molecular flexibility index (Phi) is 5.38. The van der Waals surface area contributed by atoms with Crippen molar-refractivity contribution in [3.63, 3.8) is 0 Å². The molecule has 1 fully saturated rings. The smallest absolute Gasteiger partial charge is 0.416 e. The predicted molar refractivity (Wildman–Crippen MR) is 105 cm³/mol. The molecule has 1 aromatic heterocycles. The molecule has 2 amide bonds. The summed E-state index contributed by atoms with van der Waals surface area (Å²) in [5.74, 6) is -0.259. The van der Waals surface area contributed by atoms with Crippen LogP contribution < -0.4 is 16.0 Å². The highest BCUT2D eigenvalue weighted by Gasteiger charge is 2.34. The van der Waals surface area contributed by atoms with Gasteiger partial charge >= 0.3 is 6.18 Å². The van der Waals surface area contributed by atoms with Crippen LogP contribution >= 0.6 is 0 Å². The van der Waals surface area contributed by atoms with Crippen molar-refractivity contribution in [3.05, 3.63) is 29.5 Å². The number of halogens is 3. The molecule has 6 nitrogen and oxygen atoms in total. The average Bonchev–Trinajstić information content (AvgIpc) is 3.01. The second kappa shape index (κ2) is 7.85. The molecule has 0 radical (unpaired) electrons. The largest absolute Gasteiger partial charge is 0.449 e. The zero-order chi connectivity index (χ0) is 21.5. The lowest BCUT2D eigenvalue weighted by atomic mass is 9.80.